The maximum Gasteiger partial charge on any atom is 0.0366 e. The number of hydrogen-bond acceptors (Lipinski definition) is 2. The quantitative estimate of drug-likeness (QED) is 0.825. The Labute approximate surface area is 118 Å². The highest BCUT2D eigenvalue weighted by molar-refractivity contribution is 9.10. The zero-order valence-corrected chi connectivity index (χ0v) is 12.4. The van der Waals surface area contributed by atoms with E-state index in [9.17, 15) is 0 Å². The number of piperidine rings is 1. The molecule has 2 aliphatic heterocycles. The van der Waals surface area contributed by atoms with Crippen LogP contribution in [0.5, 0.6) is 0 Å². The molecule has 2 heterocycles. The fourth-order valence-corrected chi connectivity index (χ4v) is 3.51. The maximum absolute atomic E-state index is 3.50. The van der Waals surface area contributed by atoms with Crippen molar-refractivity contribution in [1.82, 2.24) is 4.90 Å². The Balaban J connectivity index is 1.57. The molecule has 18 heavy (non-hydrogen) atoms. The second kappa shape index (κ2) is 5.62. The lowest BCUT2D eigenvalue weighted by molar-refractivity contribution is 0.208. The summed E-state index contributed by atoms with van der Waals surface area (Å²) < 4.78 is 1.17. The monoisotopic (exact) mass is 308 g/mol. The summed E-state index contributed by atoms with van der Waals surface area (Å²) in [5.41, 5.74) is 1.37. The Morgan fingerprint density at radius 3 is 2.11 bits per heavy atom. The molecule has 0 atom stereocenters. The summed E-state index contributed by atoms with van der Waals surface area (Å²) >= 11 is 3.50. The van der Waals surface area contributed by atoms with Gasteiger partial charge >= 0.3 is 0 Å². The molecule has 2 saturated heterocycles. The Kier molecular flexibility index (Phi) is 3.90. The van der Waals surface area contributed by atoms with Gasteiger partial charge in [-0.3, -0.25) is 0 Å². The second-order valence-electron chi connectivity index (χ2n) is 5.44. The molecule has 0 bridgehead atoms. The molecule has 0 amide bonds. The van der Waals surface area contributed by atoms with Crippen molar-refractivity contribution in [2.24, 2.45) is 0 Å². The highest BCUT2D eigenvalue weighted by Gasteiger charge is 2.26. The van der Waals surface area contributed by atoms with Gasteiger partial charge in [-0.25, -0.2) is 0 Å². The van der Waals surface area contributed by atoms with Crippen molar-refractivity contribution in [2.45, 2.75) is 31.7 Å². The van der Waals surface area contributed by atoms with E-state index < -0.39 is 0 Å². The van der Waals surface area contributed by atoms with E-state index in [1.54, 1.807) is 0 Å². The summed E-state index contributed by atoms with van der Waals surface area (Å²) in [6.07, 6.45) is 5.48. The molecular weight excluding hydrogens is 288 g/mol. The van der Waals surface area contributed by atoms with E-state index in [2.05, 4.69) is 50.0 Å². The molecule has 2 nitrogen and oxygen atoms in total. The molecule has 2 fully saturated rings. The van der Waals surface area contributed by atoms with Gasteiger partial charge in [-0.2, -0.15) is 0 Å². The van der Waals surface area contributed by atoms with Crippen LogP contribution < -0.4 is 4.90 Å². The highest BCUT2D eigenvalue weighted by atomic mass is 79.9. The first-order valence-corrected chi connectivity index (χ1v) is 7.87. The van der Waals surface area contributed by atoms with Crippen molar-refractivity contribution in [1.29, 1.82) is 0 Å². The predicted molar refractivity (Wildman–Crippen MR) is 80.2 cm³/mol. The number of rotatable bonds is 2. The van der Waals surface area contributed by atoms with Crippen molar-refractivity contribution in [3.63, 3.8) is 0 Å². The average Bonchev–Trinajstić information content (AvgIpc) is 2.94. The van der Waals surface area contributed by atoms with E-state index in [1.165, 1.54) is 62.0 Å². The molecule has 0 spiro atoms. The third-order valence-corrected chi connectivity index (χ3v) is 4.84. The van der Waals surface area contributed by atoms with Gasteiger partial charge in [0.25, 0.3) is 0 Å². The van der Waals surface area contributed by atoms with Crippen molar-refractivity contribution in [2.75, 3.05) is 31.1 Å². The minimum absolute atomic E-state index is 0.846. The predicted octanol–water partition coefficient (Wildman–Crippen LogP) is 3.51. The standard InChI is InChI=1S/C15H21BrN2/c16-13-3-5-14(6-4-13)18-11-7-15(8-12-18)17-9-1-2-10-17/h3-6,15H,1-2,7-12H2. The minimum atomic E-state index is 0.846. The van der Waals surface area contributed by atoms with Crippen molar-refractivity contribution in [3.05, 3.63) is 28.7 Å². The molecule has 98 valence electrons. The fourth-order valence-electron chi connectivity index (χ4n) is 3.25. The van der Waals surface area contributed by atoms with E-state index in [-0.39, 0.29) is 0 Å². The van der Waals surface area contributed by atoms with Gasteiger partial charge in [0.1, 0.15) is 0 Å². The molecule has 0 aromatic heterocycles. The number of halogens is 1. The van der Waals surface area contributed by atoms with Crippen LogP contribution in [0.15, 0.2) is 28.7 Å². The zero-order valence-electron chi connectivity index (χ0n) is 10.8. The van der Waals surface area contributed by atoms with Gasteiger partial charge in [0, 0.05) is 29.3 Å². The summed E-state index contributed by atoms with van der Waals surface area (Å²) in [6.45, 7) is 5.09. The first-order chi connectivity index (χ1) is 8.83. The van der Waals surface area contributed by atoms with Crippen molar-refractivity contribution in [3.8, 4) is 0 Å². The van der Waals surface area contributed by atoms with E-state index in [4.69, 9.17) is 0 Å². The Morgan fingerprint density at radius 1 is 0.889 bits per heavy atom. The van der Waals surface area contributed by atoms with Gasteiger partial charge in [0.15, 0.2) is 0 Å². The summed E-state index contributed by atoms with van der Waals surface area (Å²) in [5, 5.41) is 0. The van der Waals surface area contributed by atoms with Gasteiger partial charge in [-0.15, -0.1) is 0 Å². The molecule has 1 aromatic carbocycles. The summed E-state index contributed by atoms with van der Waals surface area (Å²) in [4.78, 5) is 5.23. The van der Waals surface area contributed by atoms with Gasteiger partial charge in [0.05, 0.1) is 0 Å². The molecule has 3 heteroatoms. The first-order valence-electron chi connectivity index (χ1n) is 7.07. The maximum atomic E-state index is 3.50. The average molecular weight is 309 g/mol. The summed E-state index contributed by atoms with van der Waals surface area (Å²) in [6, 6.07) is 9.57. The minimum Gasteiger partial charge on any atom is -0.371 e. The normalized spacial score (nSPS) is 22.6. The highest BCUT2D eigenvalue weighted by Crippen LogP contribution is 2.25. The van der Waals surface area contributed by atoms with Crippen LogP contribution >= 0.6 is 15.9 Å². The lowest BCUT2D eigenvalue weighted by atomic mass is 10.0. The molecule has 0 saturated carbocycles. The second-order valence-corrected chi connectivity index (χ2v) is 6.35. The Hall–Kier alpha value is -0.540. The van der Waals surface area contributed by atoms with E-state index in [0.717, 1.165) is 6.04 Å². The number of benzene rings is 1. The SMILES string of the molecule is Brc1ccc(N2CCC(N3CCCC3)CC2)cc1. The van der Waals surface area contributed by atoms with E-state index >= 15 is 0 Å². The van der Waals surface area contributed by atoms with E-state index in [0.29, 0.717) is 0 Å². The van der Waals surface area contributed by atoms with Crippen LogP contribution in [0.3, 0.4) is 0 Å². The summed E-state index contributed by atoms with van der Waals surface area (Å²) in [7, 11) is 0. The van der Waals surface area contributed by atoms with Crippen molar-refractivity contribution < 1.29 is 0 Å². The number of nitrogens with zero attached hydrogens (tertiary/aromatic N) is 2. The van der Waals surface area contributed by atoms with Crippen LogP contribution in [-0.2, 0) is 0 Å². The number of likely N-dealkylation sites (tertiary alicyclic amines) is 1. The van der Waals surface area contributed by atoms with Crippen LogP contribution in [0, 0.1) is 0 Å². The van der Waals surface area contributed by atoms with Crippen LogP contribution in [-0.4, -0.2) is 37.1 Å². The molecule has 2 aliphatic rings. The third kappa shape index (κ3) is 2.72. The van der Waals surface area contributed by atoms with Gasteiger partial charge < -0.3 is 9.80 Å². The molecule has 3 rings (SSSR count). The van der Waals surface area contributed by atoms with Gasteiger partial charge in [-0.05, 0) is 63.0 Å². The molecule has 0 radical (unpaired) electrons. The van der Waals surface area contributed by atoms with Crippen LogP contribution in [0.25, 0.3) is 0 Å². The van der Waals surface area contributed by atoms with Gasteiger partial charge in [0.2, 0.25) is 0 Å². The molecule has 0 N–H and O–H groups in total. The third-order valence-electron chi connectivity index (χ3n) is 4.31. The Bertz CT molecular complexity index is 376. The molecular formula is C15H21BrN2. The van der Waals surface area contributed by atoms with Crippen molar-refractivity contribution >= 4 is 21.6 Å². The zero-order chi connectivity index (χ0) is 12.4. The van der Waals surface area contributed by atoms with Crippen LogP contribution in [0.1, 0.15) is 25.7 Å². The van der Waals surface area contributed by atoms with E-state index in [1.807, 2.05) is 0 Å². The molecule has 0 aliphatic carbocycles. The topological polar surface area (TPSA) is 6.48 Å². The van der Waals surface area contributed by atoms with Crippen LogP contribution in [0.2, 0.25) is 0 Å². The number of hydrogen-bond donors (Lipinski definition) is 0. The smallest absolute Gasteiger partial charge is 0.0366 e. The fraction of sp³-hybridized carbons (Fsp3) is 0.600. The molecule has 1 aromatic rings. The number of anilines is 1. The first kappa shape index (κ1) is 12.5. The van der Waals surface area contributed by atoms with Crippen LogP contribution in [0.4, 0.5) is 5.69 Å². The van der Waals surface area contributed by atoms with Gasteiger partial charge in [-0.1, -0.05) is 15.9 Å². The molecule has 0 unspecified atom stereocenters. The Morgan fingerprint density at radius 2 is 1.50 bits per heavy atom. The largest absolute Gasteiger partial charge is 0.371 e. The lowest BCUT2D eigenvalue weighted by Gasteiger charge is -2.37. The lowest BCUT2D eigenvalue weighted by Crippen LogP contribution is -2.43. The summed E-state index contributed by atoms with van der Waals surface area (Å²) in [5.74, 6) is 0.